The Hall–Kier alpha value is -1.59. The number of nitrogens with one attached hydrogen (secondary N) is 1. The molecule has 22 heavy (non-hydrogen) atoms. The van der Waals surface area contributed by atoms with Gasteiger partial charge in [0.15, 0.2) is 0 Å². The zero-order valence-electron chi connectivity index (χ0n) is 12.4. The molecule has 0 aromatic heterocycles. The summed E-state index contributed by atoms with van der Waals surface area (Å²) in [4.78, 5) is 24.8. The van der Waals surface area contributed by atoms with Gasteiger partial charge in [-0.05, 0) is 43.5 Å². The van der Waals surface area contributed by atoms with Crippen molar-refractivity contribution in [3.8, 4) is 0 Å². The molecule has 0 bridgehead atoms. The van der Waals surface area contributed by atoms with Gasteiger partial charge < -0.3 is 10.4 Å². The van der Waals surface area contributed by atoms with E-state index >= 15 is 0 Å². The standard InChI is InChI=1S/C16H21ClN2O3/c17-14-5-3-12(4-6-14)7-8-18-15(20)11-19-9-1-2-13(10-19)16(21)22/h3-6,13H,1-2,7-11H2,(H,18,20)(H,21,22). The quantitative estimate of drug-likeness (QED) is 0.837. The molecule has 0 saturated carbocycles. The molecule has 5 nitrogen and oxygen atoms in total. The van der Waals surface area contributed by atoms with Crippen molar-refractivity contribution in [2.45, 2.75) is 19.3 Å². The van der Waals surface area contributed by atoms with Crippen LogP contribution < -0.4 is 5.32 Å². The van der Waals surface area contributed by atoms with Crippen LogP contribution in [0.15, 0.2) is 24.3 Å². The number of carboxylic acids is 1. The van der Waals surface area contributed by atoms with E-state index < -0.39 is 5.97 Å². The van der Waals surface area contributed by atoms with Crippen LogP contribution in [0.4, 0.5) is 0 Å². The van der Waals surface area contributed by atoms with Crippen LogP contribution in [0.25, 0.3) is 0 Å². The van der Waals surface area contributed by atoms with Crippen molar-refractivity contribution in [1.29, 1.82) is 0 Å². The normalized spacial score (nSPS) is 18.9. The molecule has 1 aromatic rings. The highest BCUT2D eigenvalue weighted by molar-refractivity contribution is 6.30. The summed E-state index contributed by atoms with van der Waals surface area (Å²) in [7, 11) is 0. The minimum Gasteiger partial charge on any atom is -0.481 e. The van der Waals surface area contributed by atoms with Crippen LogP contribution in [0.5, 0.6) is 0 Å². The monoisotopic (exact) mass is 324 g/mol. The van der Waals surface area contributed by atoms with Crippen LogP contribution in [0.2, 0.25) is 5.02 Å². The predicted molar refractivity (Wildman–Crippen MR) is 85.0 cm³/mol. The molecular formula is C16H21ClN2O3. The smallest absolute Gasteiger partial charge is 0.307 e. The lowest BCUT2D eigenvalue weighted by Crippen LogP contribution is -2.44. The van der Waals surface area contributed by atoms with Gasteiger partial charge in [-0.25, -0.2) is 0 Å². The Kier molecular flexibility index (Phi) is 6.21. The lowest BCUT2D eigenvalue weighted by Gasteiger charge is -2.29. The van der Waals surface area contributed by atoms with Gasteiger partial charge in [0.05, 0.1) is 12.5 Å². The molecule has 0 spiro atoms. The van der Waals surface area contributed by atoms with Crippen molar-refractivity contribution < 1.29 is 14.7 Å². The summed E-state index contributed by atoms with van der Waals surface area (Å²) in [6, 6.07) is 7.55. The predicted octanol–water partition coefficient (Wildman–Crippen LogP) is 1.80. The second-order valence-corrected chi connectivity index (χ2v) is 6.08. The summed E-state index contributed by atoms with van der Waals surface area (Å²) in [6.45, 7) is 2.08. The van der Waals surface area contributed by atoms with Crippen molar-refractivity contribution in [2.75, 3.05) is 26.2 Å². The van der Waals surface area contributed by atoms with Gasteiger partial charge in [-0.2, -0.15) is 0 Å². The van der Waals surface area contributed by atoms with Gasteiger partial charge in [0.2, 0.25) is 5.91 Å². The van der Waals surface area contributed by atoms with Gasteiger partial charge >= 0.3 is 5.97 Å². The average molecular weight is 325 g/mol. The lowest BCUT2D eigenvalue weighted by molar-refractivity contribution is -0.144. The molecule has 1 aliphatic heterocycles. The van der Waals surface area contributed by atoms with E-state index in [2.05, 4.69) is 5.32 Å². The second-order valence-electron chi connectivity index (χ2n) is 5.64. The van der Waals surface area contributed by atoms with E-state index in [1.165, 1.54) is 0 Å². The van der Waals surface area contributed by atoms with Crippen molar-refractivity contribution in [1.82, 2.24) is 10.2 Å². The molecule has 120 valence electrons. The molecule has 0 radical (unpaired) electrons. The third kappa shape index (κ3) is 5.31. The average Bonchev–Trinajstić information content (AvgIpc) is 2.49. The van der Waals surface area contributed by atoms with Gasteiger partial charge in [-0.15, -0.1) is 0 Å². The summed E-state index contributed by atoms with van der Waals surface area (Å²) in [5.41, 5.74) is 1.12. The fourth-order valence-electron chi connectivity index (χ4n) is 2.66. The summed E-state index contributed by atoms with van der Waals surface area (Å²) in [6.07, 6.45) is 2.28. The number of benzene rings is 1. The van der Waals surface area contributed by atoms with Crippen molar-refractivity contribution >= 4 is 23.5 Å². The lowest BCUT2D eigenvalue weighted by atomic mass is 9.98. The van der Waals surface area contributed by atoms with E-state index in [9.17, 15) is 9.59 Å². The number of piperidine rings is 1. The molecule has 1 fully saturated rings. The molecule has 2 rings (SSSR count). The van der Waals surface area contributed by atoms with E-state index in [1.807, 2.05) is 29.2 Å². The van der Waals surface area contributed by atoms with E-state index in [1.54, 1.807) is 0 Å². The highest BCUT2D eigenvalue weighted by atomic mass is 35.5. The second kappa shape index (κ2) is 8.15. The summed E-state index contributed by atoms with van der Waals surface area (Å²) in [5.74, 6) is -1.18. The van der Waals surface area contributed by atoms with E-state index in [-0.39, 0.29) is 18.4 Å². The van der Waals surface area contributed by atoms with Gasteiger partial charge in [-0.1, -0.05) is 23.7 Å². The Morgan fingerprint density at radius 1 is 1.32 bits per heavy atom. The number of rotatable bonds is 6. The fraction of sp³-hybridized carbons (Fsp3) is 0.500. The zero-order chi connectivity index (χ0) is 15.9. The number of likely N-dealkylation sites (tertiary alicyclic amines) is 1. The number of carboxylic acid groups (broad SMARTS) is 1. The summed E-state index contributed by atoms with van der Waals surface area (Å²) < 4.78 is 0. The third-order valence-electron chi connectivity index (χ3n) is 3.87. The number of nitrogens with zero attached hydrogens (tertiary/aromatic N) is 1. The first kappa shape index (κ1) is 16.8. The topological polar surface area (TPSA) is 69.6 Å². The van der Waals surface area contributed by atoms with Crippen LogP contribution in [0.3, 0.4) is 0 Å². The molecule has 1 aromatic carbocycles. The van der Waals surface area contributed by atoms with Crippen LogP contribution >= 0.6 is 11.6 Å². The first-order valence-electron chi connectivity index (χ1n) is 7.51. The highest BCUT2D eigenvalue weighted by Crippen LogP contribution is 2.16. The maximum absolute atomic E-state index is 11.9. The molecule has 1 unspecified atom stereocenters. The molecule has 1 saturated heterocycles. The molecular weight excluding hydrogens is 304 g/mol. The highest BCUT2D eigenvalue weighted by Gasteiger charge is 2.26. The Labute approximate surface area is 135 Å². The molecule has 1 amide bonds. The Morgan fingerprint density at radius 3 is 2.73 bits per heavy atom. The number of amides is 1. The van der Waals surface area contributed by atoms with E-state index in [4.69, 9.17) is 16.7 Å². The van der Waals surface area contributed by atoms with Crippen LogP contribution in [0, 0.1) is 5.92 Å². The maximum atomic E-state index is 11.9. The van der Waals surface area contributed by atoms with Crippen LogP contribution in [0.1, 0.15) is 18.4 Å². The number of carbonyl (C=O) groups is 2. The number of aliphatic carboxylic acids is 1. The minimum atomic E-state index is -0.771. The van der Waals surface area contributed by atoms with Gasteiger partial charge in [0.25, 0.3) is 0 Å². The summed E-state index contributed by atoms with van der Waals surface area (Å²) >= 11 is 5.82. The number of hydrogen-bond donors (Lipinski definition) is 2. The van der Waals surface area contributed by atoms with Gasteiger partial charge in [0, 0.05) is 18.1 Å². The van der Waals surface area contributed by atoms with Crippen LogP contribution in [-0.4, -0.2) is 48.1 Å². The fourth-order valence-corrected chi connectivity index (χ4v) is 2.78. The largest absolute Gasteiger partial charge is 0.481 e. The van der Waals surface area contributed by atoms with Crippen LogP contribution in [-0.2, 0) is 16.0 Å². The van der Waals surface area contributed by atoms with Gasteiger partial charge in [-0.3, -0.25) is 14.5 Å². The molecule has 2 N–H and O–H groups in total. The zero-order valence-corrected chi connectivity index (χ0v) is 13.2. The molecule has 1 aliphatic rings. The molecule has 1 atom stereocenters. The SMILES string of the molecule is O=C(CN1CCCC(C(=O)O)C1)NCCc1ccc(Cl)cc1. The molecule has 0 aliphatic carbocycles. The number of hydrogen-bond acceptors (Lipinski definition) is 3. The third-order valence-corrected chi connectivity index (χ3v) is 4.12. The number of halogens is 1. The van der Waals surface area contributed by atoms with E-state index in [0.717, 1.165) is 24.9 Å². The minimum absolute atomic E-state index is 0.0556. The maximum Gasteiger partial charge on any atom is 0.307 e. The van der Waals surface area contributed by atoms with Crippen molar-refractivity contribution in [3.63, 3.8) is 0 Å². The Balaban J connectivity index is 1.69. The first-order valence-corrected chi connectivity index (χ1v) is 7.88. The van der Waals surface area contributed by atoms with Crippen molar-refractivity contribution in [2.24, 2.45) is 5.92 Å². The first-order chi connectivity index (χ1) is 10.5. The number of carbonyl (C=O) groups excluding carboxylic acids is 1. The Bertz CT molecular complexity index is 519. The molecule has 6 heteroatoms. The summed E-state index contributed by atoms with van der Waals surface area (Å²) in [5, 5.41) is 12.6. The van der Waals surface area contributed by atoms with Crippen molar-refractivity contribution in [3.05, 3.63) is 34.9 Å². The Morgan fingerprint density at radius 2 is 2.05 bits per heavy atom. The van der Waals surface area contributed by atoms with E-state index in [0.29, 0.717) is 24.5 Å². The van der Waals surface area contributed by atoms with Gasteiger partial charge in [0.1, 0.15) is 0 Å². The molecule has 1 heterocycles.